The monoisotopic (exact) mass is 402 g/mol. The summed E-state index contributed by atoms with van der Waals surface area (Å²) in [5.74, 6) is 1.58. The van der Waals surface area contributed by atoms with E-state index >= 15 is 0 Å². The molecule has 162 valence electrons. The Bertz CT molecular complexity index is 677. The molecule has 6 heteroatoms. The van der Waals surface area contributed by atoms with Gasteiger partial charge in [-0.2, -0.15) is 0 Å². The molecule has 3 rings (SSSR count). The number of ether oxygens (including phenoxy) is 2. The largest absolute Gasteiger partial charge is 0.382 e. The summed E-state index contributed by atoms with van der Waals surface area (Å²) in [6, 6.07) is 8.83. The Balaban J connectivity index is 1.48. The van der Waals surface area contributed by atoms with Crippen LogP contribution in [0.3, 0.4) is 0 Å². The third kappa shape index (κ3) is 5.93. The number of likely N-dealkylation sites (tertiary alicyclic amines) is 1. The molecule has 6 nitrogen and oxygen atoms in total. The Kier molecular flexibility index (Phi) is 7.92. The highest BCUT2D eigenvalue weighted by molar-refractivity contribution is 5.80. The van der Waals surface area contributed by atoms with Gasteiger partial charge < -0.3 is 19.7 Å². The summed E-state index contributed by atoms with van der Waals surface area (Å²) in [6.07, 6.45) is 2.28. The van der Waals surface area contributed by atoms with E-state index in [9.17, 15) is 0 Å². The van der Waals surface area contributed by atoms with Gasteiger partial charge in [-0.3, -0.25) is 9.89 Å². The first-order valence-electron chi connectivity index (χ1n) is 10.9. The molecule has 0 bridgehead atoms. The summed E-state index contributed by atoms with van der Waals surface area (Å²) in [5.41, 5.74) is 3.03. The average molecular weight is 403 g/mol. The number of nitrogens with zero attached hydrogens (tertiary/aromatic N) is 3. The summed E-state index contributed by atoms with van der Waals surface area (Å²) in [7, 11) is 3.59. The number of hydrogen-bond donors (Lipinski definition) is 1. The molecule has 0 radical (unpaired) electrons. The Morgan fingerprint density at radius 1 is 1.21 bits per heavy atom. The number of fused-ring (bicyclic) bond motifs is 1. The quantitative estimate of drug-likeness (QED) is 0.411. The molecule has 2 aliphatic rings. The minimum Gasteiger partial charge on any atom is -0.382 e. The molecule has 1 saturated heterocycles. The van der Waals surface area contributed by atoms with Crippen LogP contribution >= 0.6 is 0 Å². The van der Waals surface area contributed by atoms with Crippen LogP contribution in [0.4, 0.5) is 0 Å². The van der Waals surface area contributed by atoms with Gasteiger partial charge >= 0.3 is 0 Å². The van der Waals surface area contributed by atoms with Gasteiger partial charge in [-0.05, 0) is 37.8 Å². The molecule has 2 aliphatic heterocycles. The molecule has 0 amide bonds. The molecule has 29 heavy (non-hydrogen) atoms. The van der Waals surface area contributed by atoms with Crippen molar-refractivity contribution in [1.29, 1.82) is 0 Å². The smallest absolute Gasteiger partial charge is 0.193 e. The predicted octanol–water partition coefficient (Wildman–Crippen LogP) is 2.38. The Hall–Kier alpha value is -1.63. The van der Waals surface area contributed by atoms with E-state index in [1.165, 1.54) is 11.1 Å². The lowest BCUT2D eigenvalue weighted by Gasteiger charge is -2.42. The Morgan fingerprint density at radius 2 is 2.00 bits per heavy atom. The van der Waals surface area contributed by atoms with Crippen molar-refractivity contribution >= 4 is 5.96 Å². The molecule has 1 fully saturated rings. The van der Waals surface area contributed by atoms with Crippen LogP contribution in [0.5, 0.6) is 0 Å². The van der Waals surface area contributed by atoms with Crippen molar-refractivity contribution in [2.75, 3.05) is 60.2 Å². The van der Waals surface area contributed by atoms with E-state index in [1.807, 2.05) is 7.05 Å². The standard InChI is InChI=1S/C23H38N4O2/c1-23(2,27-12-10-20-7-5-6-8-21(20)16-27)18-25-22(24-3)26-11-9-19(15-26)17-29-14-13-28-4/h5-8,19H,9-18H2,1-4H3,(H,24,25). The van der Waals surface area contributed by atoms with Crippen LogP contribution in [0.15, 0.2) is 29.3 Å². The highest BCUT2D eigenvalue weighted by Gasteiger charge is 2.31. The number of nitrogens with one attached hydrogen (secondary N) is 1. The van der Waals surface area contributed by atoms with Gasteiger partial charge in [-0.15, -0.1) is 0 Å². The Labute approximate surface area is 176 Å². The van der Waals surface area contributed by atoms with E-state index in [4.69, 9.17) is 9.47 Å². The zero-order valence-electron chi connectivity index (χ0n) is 18.6. The van der Waals surface area contributed by atoms with Crippen molar-refractivity contribution < 1.29 is 9.47 Å². The first-order chi connectivity index (χ1) is 14.0. The second-order valence-corrected chi connectivity index (χ2v) is 8.82. The maximum absolute atomic E-state index is 5.72. The van der Waals surface area contributed by atoms with Crippen molar-refractivity contribution in [3.05, 3.63) is 35.4 Å². The maximum atomic E-state index is 5.72. The normalized spacial score (nSPS) is 20.8. The number of aliphatic imine (C=N–C) groups is 1. The van der Waals surface area contributed by atoms with E-state index in [2.05, 4.69) is 58.2 Å². The van der Waals surface area contributed by atoms with Gasteiger partial charge in [0.05, 0.1) is 19.8 Å². The number of hydrogen-bond acceptors (Lipinski definition) is 4. The first kappa shape index (κ1) is 22.1. The molecule has 0 aliphatic carbocycles. The summed E-state index contributed by atoms with van der Waals surface area (Å²) >= 11 is 0. The van der Waals surface area contributed by atoms with E-state index in [-0.39, 0.29) is 5.54 Å². The fourth-order valence-corrected chi connectivity index (χ4v) is 4.31. The van der Waals surface area contributed by atoms with Crippen molar-refractivity contribution in [2.24, 2.45) is 10.9 Å². The minimum absolute atomic E-state index is 0.0614. The zero-order chi connectivity index (χ0) is 20.7. The molecule has 0 aromatic heterocycles. The van der Waals surface area contributed by atoms with Crippen LogP contribution in [0.2, 0.25) is 0 Å². The number of benzene rings is 1. The van der Waals surface area contributed by atoms with Crippen molar-refractivity contribution in [1.82, 2.24) is 15.1 Å². The van der Waals surface area contributed by atoms with Gasteiger partial charge in [-0.1, -0.05) is 24.3 Å². The highest BCUT2D eigenvalue weighted by Crippen LogP contribution is 2.25. The maximum Gasteiger partial charge on any atom is 0.193 e. The SMILES string of the molecule is CN=C(NCC(C)(C)N1CCc2ccccc2C1)N1CCC(COCCOC)C1. The van der Waals surface area contributed by atoms with E-state index in [1.54, 1.807) is 7.11 Å². The van der Waals surface area contributed by atoms with Crippen molar-refractivity contribution in [3.8, 4) is 0 Å². The molecule has 1 aromatic carbocycles. The molecule has 1 N–H and O–H groups in total. The predicted molar refractivity (Wildman–Crippen MR) is 118 cm³/mol. The number of rotatable bonds is 8. The Morgan fingerprint density at radius 3 is 2.76 bits per heavy atom. The summed E-state index contributed by atoms with van der Waals surface area (Å²) in [6.45, 7) is 11.9. The fourth-order valence-electron chi connectivity index (χ4n) is 4.31. The van der Waals surface area contributed by atoms with Crippen LogP contribution in [-0.2, 0) is 22.4 Å². The van der Waals surface area contributed by atoms with E-state index < -0.39 is 0 Å². The van der Waals surface area contributed by atoms with Crippen LogP contribution in [0.25, 0.3) is 0 Å². The number of methoxy groups -OCH3 is 1. The van der Waals surface area contributed by atoms with Gasteiger partial charge in [0.1, 0.15) is 0 Å². The van der Waals surface area contributed by atoms with Crippen LogP contribution < -0.4 is 5.32 Å². The van der Waals surface area contributed by atoms with Gasteiger partial charge in [-0.25, -0.2) is 0 Å². The topological polar surface area (TPSA) is 49.3 Å². The molecule has 0 spiro atoms. The summed E-state index contributed by atoms with van der Waals surface area (Å²) < 4.78 is 10.8. The minimum atomic E-state index is 0.0614. The van der Waals surface area contributed by atoms with E-state index in [0.29, 0.717) is 19.1 Å². The van der Waals surface area contributed by atoms with Gasteiger partial charge in [0.15, 0.2) is 5.96 Å². The third-order valence-electron chi connectivity index (χ3n) is 6.25. The average Bonchev–Trinajstić information content (AvgIpc) is 3.20. The molecular weight excluding hydrogens is 364 g/mol. The molecule has 1 aromatic rings. The zero-order valence-corrected chi connectivity index (χ0v) is 18.6. The molecule has 1 unspecified atom stereocenters. The van der Waals surface area contributed by atoms with Crippen molar-refractivity contribution in [2.45, 2.75) is 38.8 Å². The van der Waals surface area contributed by atoms with Gasteiger partial charge in [0, 0.05) is 58.3 Å². The van der Waals surface area contributed by atoms with Gasteiger partial charge in [0.25, 0.3) is 0 Å². The molecule has 2 heterocycles. The second-order valence-electron chi connectivity index (χ2n) is 8.82. The van der Waals surface area contributed by atoms with Crippen LogP contribution in [-0.4, -0.2) is 81.5 Å². The second kappa shape index (κ2) is 10.4. The molecular formula is C23H38N4O2. The van der Waals surface area contributed by atoms with Gasteiger partial charge in [0.2, 0.25) is 0 Å². The lowest BCUT2D eigenvalue weighted by atomic mass is 9.94. The molecule has 0 saturated carbocycles. The first-order valence-corrected chi connectivity index (χ1v) is 10.9. The summed E-state index contributed by atoms with van der Waals surface area (Å²) in [4.78, 5) is 9.51. The molecule has 1 atom stereocenters. The van der Waals surface area contributed by atoms with Crippen LogP contribution in [0, 0.1) is 5.92 Å². The fraction of sp³-hybridized carbons (Fsp3) is 0.696. The van der Waals surface area contributed by atoms with Crippen molar-refractivity contribution in [3.63, 3.8) is 0 Å². The lowest BCUT2D eigenvalue weighted by Crippen LogP contribution is -2.55. The highest BCUT2D eigenvalue weighted by atomic mass is 16.5. The van der Waals surface area contributed by atoms with E-state index in [0.717, 1.165) is 58.1 Å². The lowest BCUT2D eigenvalue weighted by molar-refractivity contribution is 0.0536. The summed E-state index contributed by atoms with van der Waals surface area (Å²) in [5, 5.41) is 3.64. The van der Waals surface area contributed by atoms with Crippen LogP contribution in [0.1, 0.15) is 31.4 Å². The number of guanidine groups is 1. The third-order valence-corrected chi connectivity index (χ3v) is 6.25.